The molecule has 1 saturated carbocycles. The summed E-state index contributed by atoms with van der Waals surface area (Å²) in [7, 11) is 3.70. The molecule has 1 saturated heterocycles. The van der Waals surface area contributed by atoms with Crippen molar-refractivity contribution < 1.29 is 14.2 Å². The number of hydrogen-bond donors (Lipinski definition) is 2. The van der Waals surface area contributed by atoms with Crippen molar-refractivity contribution in [2.75, 3.05) is 60.2 Å². The molecule has 2 N–H and O–H groups in total. The van der Waals surface area contributed by atoms with Gasteiger partial charge >= 0.3 is 0 Å². The van der Waals surface area contributed by atoms with Crippen LogP contribution in [0.3, 0.4) is 0 Å². The molecule has 1 aliphatic carbocycles. The monoisotopic (exact) mass is 407 g/mol. The number of rotatable bonds is 15. The van der Waals surface area contributed by atoms with Crippen molar-refractivity contribution in [2.45, 2.75) is 45.3 Å². The van der Waals surface area contributed by atoms with Crippen LogP contribution in [0.15, 0.2) is 35.8 Å². The molecule has 6 nitrogen and oxygen atoms in total. The third-order valence-electron chi connectivity index (χ3n) is 5.34. The van der Waals surface area contributed by atoms with Crippen molar-refractivity contribution in [3.63, 3.8) is 0 Å². The molecule has 1 atom stereocenters. The summed E-state index contributed by atoms with van der Waals surface area (Å²) in [5.41, 5.74) is 2.29. The Labute approximate surface area is 177 Å². The van der Waals surface area contributed by atoms with Gasteiger partial charge in [0.25, 0.3) is 0 Å². The van der Waals surface area contributed by atoms with Gasteiger partial charge in [-0.05, 0) is 30.8 Å². The van der Waals surface area contributed by atoms with E-state index in [1.54, 1.807) is 7.11 Å². The number of nitrogens with one attached hydrogen (secondary N) is 2. The first-order valence-electron chi connectivity index (χ1n) is 11.1. The van der Waals surface area contributed by atoms with Crippen LogP contribution in [0.1, 0.15) is 39.0 Å². The van der Waals surface area contributed by atoms with Crippen LogP contribution >= 0.6 is 0 Å². The highest BCUT2D eigenvalue weighted by Crippen LogP contribution is 2.31. The van der Waals surface area contributed by atoms with Gasteiger partial charge in [-0.2, -0.15) is 0 Å². The number of ether oxygens (including phenoxy) is 3. The third-order valence-corrected chi connectivity index (χ3v) is 5.34. The zero-order valence-corrected chi connectivity index (χ0v) is 18.7. The second kappa shape index (κ2) is 13.8. The van der Waals surface area contributed by atoms with Crippen LogP contribution in [0.4, 0.5) is 0 Å². The first-order valence-corrected chi connectivity index (χ1v) is 11.1. The summed E-state index contributed by atoms with van der Waals surface area (Å²) in [5.74, 6) is 1.72. The highest BCUT2D eigenvalue weighted by atomic mass is 16.5. The lowest BCUT2D eigenvalue weighted by atomic mass is 10.1. The molecule has 2 rings (SSSR count). The molecule has 0 radical (unpaired) electrons. The number of nitrogens with zero attached hydrogens (tertiary/aromatic N) is 1. The standard InChI is InChI=1S/C23H41N3O3/c1-5-8-20(6-2)22(28-13-7-12-27-4)15-21(24-3)18-26(17-19-9-10-19)23-16-25-11-14-29-23/h6,15,19,23-25H,2,5,7-14,16-18H2,1,3-4H3/b21-15-,22-20+. The lowest BCUT2D eigenvalue weighted by Crippen LogP contribution is -2.51. The van der Waals surface area contributed by atoms with Gasteiger partial charge in [-0.3, -0.25) is 4.90 Å². The molecule has 2 aliphatic rings. The maximum Gasteiger partial charge on any atom is 0.124 e. The summed E-state index contributed by atoms with van der Waals surface area (Å²) in [6.07, 6.45) is 9.76. The SMILES string of the molecule is C=C/C(CCC)=C(/C=C(/CN(CC1CC1)C1CNCCO1)NC)OCCCOC. The summed E-state index contributed by atoms with van der Waals surface area (Å²) in [5, 5.41) is 6.85. The predicted molar refractivity (Wildman–Crippen MR) is 119 cm³/mol. The van der Waals surface area contributed by atoms with E-state index in [4.69, 9.17) is 14.2 Å². The zero-order chi connectivity index (χ0) is 20.9. The van der Waals surface area contributed by atoms with Gasteiger partial charge in [0.15, 0.2) is 0 Å². The summed E-state index contributed by atoms with van der Waals surface area (Å²) >= 11 is 0. The van der Waals surface area contributed by atoms with Crippen LogP contribution in [0.2, 0.25) is 0 Å². The topological polar surface area (TPSA) is 55.0 Å². The van der Waals surface area contributed by atoms with Crippen molar-refractivity contribution in [2.24, 2.45) is 5.92 Å². The van der Waals surface area contributed by atoms with Gasteiger partial charge in [0, 0.05) is 65.1 Å². The molecule has 1 aliphatic heterocycles. The van der Waals surface area contributed by atoms with Gasteiger partial charge in [0.1, 0.15) is 12.0 Å². The number of hydrogen-bond acceptors (Lipinski definition) is 6. The second-order valence-electron chi connectivity index (χ2n) is 7.86. The minimum absolute atomic E-state index is 0.130. The summed E-state index contributed by atoms with van der Waals surface area (Å²) in [6.45, 7) is 12.0. The van der Waals surface area contributed by atoms with E-state index in [1.807, 2.05) is 13.1 Å². The van der Waals surface area contributed by atoms with E-state index < -0.39 is 0 Å². The van der Waals surface area contributed by atoms with E-state index in [2.05, 4.69) is 35.1 Å². The number of allylic oxidation sites excluding steroid dienone is 3. The first-order chi connectivity index (χ1) is 14.2. The van der Waals surface area contributed by atoms with Crippen LogP contribution in [0.5, 0.6) is 0 Å². The average molecular weight is 408 g/mol. The van der Waals surface area contributed by atoms with Gasteiger partial charge in [-0.15, -0.1) is 0 Å². The Morgan fingerprint density at radius 2 is 2.17 bits per heavy atom. The number of morpholine rings is 1. The number of likely N-dealkylation sites (N-methyl/N-ethyl adjacent to an activating group) is 1. The van der Waals surface area contributed by atoms with Crippen LogP contribution in [-0.2, 0) is 14.2 Å². The van der Waals surface area contributed by atoms with E-state index in [-0.39, 0.29) is 6.23 Å². The van der Waals surface area contributed by atoms with Crippen molar-refractivity contribution >= 4 is 0 Å². The Kier molecular flexibility index (Phi) is 11.4. The van der Waals surface area contributed by atoms with Crippen molar-refractivity contribution in [1.82, 2.24) is 15.5 Å². The molecular weight excluding hydrogens is 366 g/mol. The molecule has 1 heterocycles. The van der Waals surface area contributed by atoms with Crippen molar-refractivity contribution in [1.29, 1.82) is 0 Å². The third kappa shape index (κ3) is 8.91. The van der Waals surface area contributed by atoms with Crippen LogP contribution in [-0.4, -0.2) is 71.3 Å². The van der Waals surface area contributed by atoms with E-state index >= 15 is 0 Å². The molecule has 0 aromatic carbocycles. The summed E-state index contributed by atoms with van der Waals surface area (Å²) in [6, 6.07) is 0. The Bertz CT molecular complexity index is 537. The van der Waals surface area contributed by atoms with Crippen LogP contribution in [0, 0.1) is 5.92 Å². The maximum atomic E-state index is 6.15. The molecular formula is C23H41N3O3. The quantitative estimate of drug-likeness (QED) is 0.247. The fraction of sp³-hybridized carbons (Fsp3) is 0.739. The second-order valence-corrected chi connectivity index (χ2v) is 7.86. The predicted octanol–water partition coefficient (Wildman–Crippen LogP) is 3.04. The van der Waals surface area contributed by atoms with Crippen LogP contribution in [0.25, 0.3) is 0 Å². The van der Waals surface area contributed by atoms with Gasteiger partial charge in [-0.1, -0.05) is 26.0 Å². The minimum Gasteiger partial charge on any atom is -0.493 e. The molecule has 166 valence electrons. The van der Waals surface area contributed by atoms with Crippen LogP contribution < -0.4 is 10.6 Å². The van der Waals surface area contributed by atoms with E-state index in [0.29, 0.717) is 13.2 Å². The number of methoxy groups -OCH3 is 1. The molecule has 0 spiro atoms. The molecule has 0 aromatic rings. The molecule has 1 unspecified atom stereocenters. The van der Waals surface area contributed by atoms with E-state index in [9.17, 15) is 0 Å². The molecule has 6 heteroatoms. The normalized spacial score (nSPS) is 21.1. The molecule has 0 aromatic heterocycles. The minimum atomic E-state index is 0.130. The summed E-state index contributed by atoms with van der Waals surface area (Å²) in [4.78, 5) is 2.46. The lowest BCUT2D eigenvalue weighted by Gasteiger charge is -2.35. The molecule has 0 bridgehead atoms. The molecule has 2 fully saturated rings. The fourth-order valence-electron chi connectivity index (χ4n) is 3.48. The van der Waals surface area contributed by atoms with Crippen molar-refractivity contribution in [3.8, 4) is 0 Å². The Morgan fingerprint density at radius 3 is 2.76 bits per heavy atom. The van der Waals surface area contributed by atoms with E-state index in [0.717, 1.165) is 75.0 Å². The average Bonchev–Trinajstić information content (AvgIpc) is 3.57. The van der Waals surface area contributed by atoms with E-state index in [1.165, 1.54) is 12.8 Å². The molecule has 29 heavy (non-hydrogen) atoms. The molecule has 0 amide bonds. The van der Waals surface area contributed by atoms with Gasteiger partial charge < -0.3 is 24.8 Å². The largest absolute Gasteiger partial charge is 0.493 e. The smallest absolute Gasteiger partial charge is 0.124 e. The van der Waals surface area contributed by atoms with Crippen molar-refractivity contribution in [3.05, 3.63) is 35.8 Å². The highest BCUT2D eigenvalue weighted by molar-refractivity contribution is 5.30. The lowest BCUT2D eigenvalue weighted by molar-refractivity contribution is -0.0736. The fourth-order valence-corrected chi connectivity index (χ4v) is 3.48. The summed E-state index contributed by atoms with van der Waals surface area (Å²) < 4.78 is 17.4. The first kappa shape index (κ1) is 23.9. The Hall–Kier alpha value is -1.34. The highest BCUT2D eigenvalue weighted by Gasteiger charge is 2.30. The Morgan fingerprint density at radius 1 is 1.34 bits per heavy atom. The zero-order valence-electron chi connectivity index (χ0n) is 18.7. The van der Waals surface area contributed by atoms with Gasteiger partial charge in [0.2, 0.25) is 0 Å². The van der Waals surface area contributed by atoms with Gasteiger partial charge in [0.05, 0.1) is 13.2 Å². The Balaban J connectivity index is 2.13. The van der Waals surface area contributed by atoms with Gasteiger partial charge in [-0.25, -0.2) is 0 Å². The maximum absolute atomic E-state index is 6.15.